The van der Waals surface area contributed by atoms with E-state index in [9.17, 15) is 0 Å². The molecule has 1 aromatic carbocycles. The summed E-state index contributed by atoms with van der Waals surface area (Å²) in [6.45, 7) is 3.56. The Bertz CT molecular complexity index is 477. The van der Waals surface area contributed by atoms with Gasteiger partial charge in [-0.3, -0.25) is 0 Å². The predicted octanol–water partition coefficient (Wildman–Crippen LogP) is 2.32. The minimum absolute atomic E-state index is 0.744. The van der Waals surface area contributed by atoms with Crippen LogP contribution < -0.4 is 10.1 Å². The van der Waals surface area contributed by atoms with Gasteiger partial charge in [-0.1, -0.05) is 17.3 Å². The van der Waals surface area contributed by atoms with Crippen molar-refractivity contribution in [1.29, 1.82) is 0 Å². The van der Waals surface area contributed by atoms with Crippen LogP contribution in [0.2, 0.25) is 0 Å². The number of benzene rings is 1. The Morgan fingerprint density at radius 1 is 1.28 bits per heavy atom. The SMILES string of the molecule is COc1ccc(CCNCc2cc(C)on2)cc1. The van der Waals surface area contributed by atoms with Gasteiger partial charge in [-0.15, -0.1) is 0 Å². The molecule has 1 heterocycles. The molecule has 0 saturated heterocycles. The third-order valence-corrected chi connectivity index (χ3v) is 2.73. The maximum absolute atomic E-state index is 5.12. The number of hydrogen-bond donors (Lipinski definition) is 1. The van der Waals surface area contributed by atoms with E-state index in [1.165, 1.54) is 5.56 Å². The number of rotatable bonds is 6. The average molecular weight is 246 g/mol. The number of aryl methyl sites for hydroxylation is 1. The summed E-state index contributed by atoms with van der Waals surface area (Å²) >= 11 is 0. The minimum atomic E-state index is 0.744. The molecule has 0 saturated carbocycles. The minimum Gasteiger partial charge on any atom is -0.497 e. The van der Waals surface area contributed by atoms with Gasteiger partial charge in [0.15, 0.2) is 0 Å². The van der Waals surface area contributed by atoms with Gasteiger partial charge in [0, 0.05) is 12.6 Å². The zero-order chi connectivity index (χ0) is 12.8. The fourth-order valence-electron chi connectivity index (χ4n) is 1.74. The number of aromatic nitrogens is 1. The standard InChI is InChI=1S/C14H18N2O2/c1-11-9-13(16-18-11)10-15-8-7-12-3-5-14(17-2)6-4-12/h3-6,9,15H,7-8,10H2,1-2H3. The molecule has 0 atom stereocenters. The highest BCUT2D eigenvalue weighted by atomic mass is 16.5. The third kappa shape index (κ3) is 3.60. The summed E-state index contributed by atoms with van der Waals surface area (Å²) in [7, 11) is 1.68. The summed E-state index contributed by atoms with van der Waals surface area (Å²) in [6.07, 6.45) is 0.987. The molecule has 2 rings (SSSR count). The van der Waals surface area contributed by atoms with E-state index in [2.05, 4.69) is 22.6 Å². The van der Waals surface area contributed by atoms with Crippen molar-refractivity contribution >= 4 is 0 Å². The lowest BCUT2D eigenvalue weighted by Gasteiger charge is -2.04. The molecule has 0 radical (unpaired) electrons. The van der Waals surface area contributed by atoms with Crippen molar-refractivity contribution in [2.24, 2.45) is 0 Å². The molecule has 96 valence electrons. The van der Waals surface area contributed by atoms with Crippen LogP contribution in [0.4, 0.5) is 0 Å². The molecule has 18 heavy (non-hydrogen) atoms. The second-order valence-electron chi connectivity index (χ2n) is 4.20. The highest BCUT2D eigenvalue weighted by Gasteiger charge is 1.99. The predicted molar refractivity (Wildman–Crippen MR) is 69.6 cm³/mol. The Kier molecular flexibility index (Phi) is 4.36. The average Bonchev–Trinajstić information content (AvgIpc) is 2.81. The maximum atomic E-state index is 5.12. The first-order chi connectivity index (χ1) is 8.78. The molecular weight excluding hydrogens is 228 g/mol. The lowest BCUT2D eigenvalue weighted by molar-refractivity contribution is 0.388. The molecule has 1 N–H and O–H groups in total. The fourth-order valence-corrected chi connectivity index (χ4v) is 1.74. The number of ether oxygens (including phenoxy) is 1. The molecule has 0 aliphatic rings. The lowest BCUT2D eigenvalue weighted by atomic mass is 10.1. The van der Waals surface area contributed by atoms with Crippen LogP contribution in [0.15, 0.2) is 34.9 Å². The smallest absolute Gasteiger partial charge is 0.133 e. The monoisotopic (exact) mass is 246 g/mol. The van der Waals surface area contributed by atoms with E-state index < -0.39 is 0 Å². The van der Waals surface area contributed by atoms with Crippen LogP contribution in [-0.4, -0.2) is 18.8 Å². The number of methoxy groups -OCH3 is 1. The third-order valence-electron chi connectivity index (χ3n) is 2.73. The molecule has 4 heteroatoms. The summed E-state index contributed by atoms with van der Waals surface area (Å²) in [6, 6.07) is 10.1. The fraction of sp³-hybridized carbons (Fsp3) is 0.357. The van der Waals surface area contributed by atoms with E-state index in [1.54, 1.807) is 7.11 Å². The van der Waals surface area contributed by atoms with Gasteiger partial charge in [-0.2, -0.15) is 0 Å². The van der Waals surface area contributed by atoms with Crippen LogP contribution >= 0.6 is 0 Å². The summed E-state index contributed by atoms with van der Waals surface area (Å²) in [4.78, 5) is 0. The van der Waals surface area contributed by atoms with Crippen LogP contribution in [0.25, 0.3) is 0 Å². The van der Waals surface area contributed by atoms with Crippen molar-refractivity contribution in [2.75, 3.05) is 13.7 Å². The Morgan fingerprint density at radius 2 is 2.06 bits per heavy atom. The number of nitrogens with one attached hydrogen (secondary N) is 1. The molecule has 0 fully saturated rings. The van der Waals surface area contributed by atoms with Gasteiger partial charge in [-0.05, 0) is 37.6 Å². The van der Waals surface area contributed by atoms with Crippen molar-refractivity contribution in [3.63, 3.8) is 0 Å². The molecule has 4 nitrogen and oxygen atoms in total. The first-order valence-corrected chi connectivity index (χ1v) is 6.04. The largest absolute Gasteiger partial charge is 0.497 e. The molecule has 0 unspecified atom stereocenters. The maximum Gasteiger partial charge on any atom is 0.133 e. The van der Waals surface area contributed by atoms with Gasteiger partial charge in [0.2, 0.25) is 0 Å². The van der Waals surface area contributed by atoms with E-state index >= 15 is 0 Å². The van der Waals surface area contributed by atoms with Crippen LogP contribution in [0.5, 0.6) is 5.75 Å². The normalized spacial score (nSPS) is 10.6. The second kappa shape index (κ2) is 6.21. The lowest BCUT2D eigenvalue weighted by Crippen LogP contribution is -2.16. The molecule has 0 aliphatic heterocycles. The zero-order valence-corrected chi connectivity index (χ0v) is 10.8. The summed E-state index contributed by atoms with van der Waals surface area (Å²) in [5, 5.41) is 7.27. The van der Waals surface area contributed by atoms with Gasteiger partial charge >= 0.3 is 0 Å². The first kappa shape index (κ1) is 12.6. The van der Waals surface area contributed by atoms with Crippen molar-refractivity contribution in [3.05, 3.63) is 47.3 Å². The Labute approximate surface area is 107 Å². The Balaban J connectivity index is 1.71. The zero-order valence-electron chi connectivity index (χ0n) is 10.8. The number of hydrogen-bond acceptors (Lipinski definition) is 4. The second-order valence-corrected chi connectivity index (χ2v) is 4.20. The molecule has 2 aromatic rings. The summed E-state index contributed by atoms with van der Waals surface area (Å²) in [5.41, 5.74) is 2.24. The molecular formula is C14H18N2O2. The van der Waals surface area contributed by atoms with Crippen LogP contribution in [0, 0.1) is 6.92 Å². The molecule has 0 amide bonds. The highest BCUT2D eigenvalue weighted by molar-refractivity contribution is 5.27. The summed E-state index contributed by atoms with van der Waals surface area (Å²) in [5.74, 6) is 1.74. The van der Waals surface area contributed by atoms with E-state index in [0.717, 1.165) is 36.7 Å². The van der Waals surface area contributed by atoms with Gasteiger partial charge in [0.05, 0.1) is 12.8 Å². The molecule has 0 spiro atoms. The van der Waals surface area contributed by atoms with E-state index in [4.69, 9.17) is 9.26 Å². The van der Waals surface area contributed by atoms with E-state index in [0.29, 0.717) is 0 Å². The highest BCUT2D eigenvalue weighted by Crippen LogP contribution is 2.11. The van der Waals surface area contributed by atoms with Gasteiger partial charge in [0.1, 0.15) is 11.5 Å². The van der Waals surface area contributed by atoms with Crippen molar-refractivity contribution in [1.82, 2.24) is 10.5 Å². The van der Waals surface area contributed by atoms with Crippen LogP contribution in [-0.2, 0) is 13.0 Å². The summed E-state index contributed by atoms with van der Waals surface area (Å²) < 4.78 is 10.1. The molecule has 0 bridgehead atoms. The first-order valence-electron chi connectivity index (χ1n) is 6.04. The quantitative estimate of drug-likeness (QED) is 0.795. The topological polar surface area (TPSA) is 47.3 Å². The molecule has 0 aliphatic carbocycles. The van der Waals surface area contributed by atoms with Crippen LogP contribution in [0.1, 0.15) is 17.0 Å². The van der Waals surface area contributed by atoms with Crippen molar-refractivity contribution in [3.8, 4) is 5.75 Å². The van der Waals surface area contributed by atoms with E-state index in [1.807, 2.05) is 25.1 Å². The van der Waals surface area contributed by atoms with Crippen molar-refractivity contribution in [2.45, 2.75) is 19.9 Å². The van der Waals surface area contributed by atoms with Gasteiger partial charge < -0.3 is 14.6 Å². The Hall–Kier alpha value is -1.81. The molecule has 1 aromatic heterocycles. The van der Waals surface area contributed by atoms with E-state index in [-0.39, 0.29) is 0 Å². The Morgan fingerprint density at radius 3 is 2.67 bits per heavy atom. The van der Waals surface area contributed by atoms with Crippen molar-refractivity contribution < 1.29 is 9.26 Å². The van der Waals surface area contributed by atoms with Gasteiger partial charge in [-0.25, -0.2) is 0 Å². The number of nitrogens with zero attached hydrogens (tertiary/aromatic N) is 1. The van der Waals surface area contributed by atoms with Gasteiger partial charge in [0.25, 0.3) is 0 Å². The van der Waals surface area contributed by atoms with Crippen LogP contribution in [0.3, 0.4) is 0 Å².